The summed E-state index contributed by atoms with van der Waals surface area (Å²) >= 11 is 0. The number of likely N-dealkylation sites (tertiary alicyclic amines) is 1. The molecule has 1 aromatic carbocycles. The number of nitrogens with one attached hydrogen (secondary N) is 1. The molecule has 1 aromatic rings. The van der Waals surface area contributed by atoms with E-state index in [1.807, 2.05) is 6.07 Å². The molecule has 2 heterocycles. The summed E-state index contributed by atoms with van der Waals surface area (Å²) in [7, 11) is 1.74. The minimum Gasteiger partial charge on any atom is -0.497 e. The van der Waals surface area contributed by atoms with Gasteiger partial charge in [0.25, 0.3) is 0 Å². The standard InChI is InChI=1S/C15H22N2O/c1-18-13-4-5-15-14(10-13)12(11-16-15)6-9-17-7-2-3-8-17/h4-5,10,12,16H,2-3,6-9,11H2,1H3. The quantitative estimate of drug-likeness (QED) is 0.884. The minimum atomic E-state index is 0.649. The van der Waals surface area contributed by atoms with Crippen LogP contribution in [0.15, 0.2) is 18.2 Å². The summed E-state index contributed by atoms with van der Waals surface area (Å²) in [5, 5.41) is 3.50. The third-order valence-electron chi connectivity index (χ3n) is 4.23. The summed E-state index contributed by atoms with van der Waals surface area (Å²) in [6, 6.07) is 6.38. The molecule has 1 saturated heterocycles. The Morgan fingerprint density at radius 1 is 1.33 bits per heavy atom. The highest BCUT2D eigenvalue weighted by molar-refractivity contribution is 5.60. The molecule has 0 aliphatic carbocycles. The number of hydrogen-bond donors (Lipinski definition) is 1. The smallest absolute Gasteiger partial charge is 0.119 e. The van der Waals surface area contributed by atoms with Crippen molar-refractivity contribution in [1.29, 1.82) is 0 Å². The van der Waals surface area contributed by atoms with Crippen LogP contribution in [0.5, 0.6) is 5.75 Å². The third-order valence-corrected chi connectivity index (χ3v) is 4.23. The zero-order valence-corrected chi connectivity index (χ0v) is 11.1. The van der Waals surface area contributed by atoms with Gasteiger partial charge in [0.1, 0.15) is 5.75 Å². The average Bonchev–Trinajstić information content (AvgIpc) is 3.05. The van der Waals surface area contributed by atoms with Gasteiger partial charge in [-0.15, -0.1) is 0 Å². The molecule has 1 unspecified atom stereocenters. The van der Waals surface area contributed by atoms with E-state index in [0.717, 1.165) is 12.3 Å². The van der Waals surface area contributed by atoms with Gasteiger partial charge in [-0.2, -0.15) is 0 Å². The van der Waals surface area contributed by atoms with E-state index in [9.17, 15) is 0 Å². The maximum atomic E-state index is 5.33. The van der Waals surface area contributed by atoms with Gasteiger partial charge < -0.3 is 15.0 Å². The van der Waals surface area contributed by atoms with E-state index in [1.54, 1.807) is 7.11 Å². The highest BCUT2D eigenvalue weighted by atomic mass is 16.5. The zero-order valence-electron chi connectivity index (χ0n) is 11.1. The number of hydrogen-bond acceptors (Lipinski definition) is 3. The van der Waals surface area contributed by atoms with Crippen LogP contribution in [0.25, 0.3) is 0 Å². The molecule has 0 saturated carbocycles. The van der Waals surface area contributed by atoms with Gasteiger partial charge in [-0.25, -0.2) is 0 Å². The molecule has 0 radical (unpaired) electrons. The lowest BCUT2D eigenvalue weighted by Gasteiger charge is -2.17. The number of rotatable bonds is 4. The van der Waals surface area contributed by atoms with Gasteiger partial charge in [0.05, 0.1) is 7.11 Å². The van der Waals surface area contributed by atoms with E-state index >= 15 is 0 Å². The van der Waals surface area contributed by atoms with Crippen molar-refractivity contribution in [3.63, 3.8) is 0 Å². The summed E-state index contributed by atoms with van der Waals surface area (Å²) in [5.74, 6) is 1.62. The molecular weight excluding hydrogens is 224 g/mol. The molecule has 3 rings (SSSR count). The van der Waals surface area contributed by atoms with Gasteiger partial charge in [0.2, 0.25) is 0 Å². The van der Waals surface area contributed by atoms with Gasteiger partial charge in [-0.05, 0) is 62.7 Å². The van der Waals surface area contributed by atoms with Crippen LogP contribution in [-0.2, 0) is 0 Å². The van der Waals surface area contributed by atoms with Crippen LogP contribution in [0.3, 0.4) is 0 Å². The summed E-state index contributed by atoms with van der Waals surface area (Å²) in [4.78, 5) is 2.60. The van der Waals surface area contributed by atoms with Crippen LogP contribution in [0.2, 0.25) is 0 Å². The monoisotopic (exact) mass is 246 g/mol. The number of benzene rings is 1. The lowest BCUT2D eigenvalue weighted by atomic mass is 9.97. The average molecular weight is 246 g/mol. The van der Waals surface area contributed by atoms with Crippen LogP contribution in [-0.4, -0.2) is 38.2 Å². The predicted molar refractivity (Wildman–Crippen MR) is 74.5 cm³/mol. The van der Waals surface area contributed by atoms with Crippen molar-refractivity contribution in [3.05, 3.63) is 23.8 Å². The first-order valence-electron chi connectivity index (χ1n) is 7.01. The molecule has 2 aliphatic rings. The van der Waals surface area contributed by atoms with Crippen LogP contribution in [0, 0.1) is 0 Å². The molecule has 1 N–H and O–H groups in total. The fraction of sp³-hybridized carbons (Fsp3) is 0.600. The van der Waals surface area contributed by atoms with Crippen LogP contribution < -0.4 is 10.1 Å². The van der Waals surface area contributed by atoms with E-state index in [0.29, 0.717) is 5.92 Å². The SMILES string of the molecule is COc1ccc2c(c1)C(CCN1CCCC1)CN2. The van der Waals surface area contributed by atoms with Crippen molar-refractivity contribution in [2.75, 3.05) is 38.6 Å². The van der Waals surface area contributed by atoms with Crippen molar-refractivity contribution in [2.45, 2.75) is 25.2 Å². The molecule has 0 aromatic heterocycles. The highest BCUT2D eigenvalue weighted by Gasteiger charge is 2.23. The van der Waals surface area contributed by atoms with Crippen molar-refractivity contribution in [3.8, 4) is 5.75 Å². The number of nitrogens with zero attached hydrogens (tertiary/aromatic N) is 1. The Kier molecular flexibility index (Phi) is 3.41. The Bertz CT molecular complexity index is 413. The Hall–Kier alpha value is -1.22. The zero-order chi connectivity index (χ0) is 12.4. The van der Waals surface area contributed by atoms with Crippen LogP contribution in [0.4, 0.5) is 5.69 Å². The Morgan fingerprint density at radius 2 is 2.17 bits per heavy atom. The normalized spacial score (nSPS) is 22.8. The van der Waals surface area contributed by atoms with Gasteiger partial charge in [-0.1, -0.05) is 0 Å². The largest absolute Gasteiger partial charge is 0.497 e. The lowest BCUT2D eigenvalue weighted by molar-refractivity contribution is 0.324. The maximum absolute atomic E-state index is 5.33. The summed E-state index contributed by atoms with van der Waals surface area (Å²) < 4.78 is 5.33. The molecule has 0 bridgehead atoms. The van der Waals surface area contributed by atoms with E-state index < -0.39 is 0 Å². The Morgan fingerprint density at radius 3 is 2.94 bits per heavy atom. The fourth-order valence-corrected chi connectivity index (χ4v) is 3.11. The molecule has 0 spiro atoms. The van der Waals surface area contributed by atoms with Gasteiger partial charge >= 0.3 is 0 Å². The maximum Gasteiger partial charge on any atom is 0.119 e. The topological polar surface area (TPSA) is 24.5 Å². The van der Waals surface area contributed by atoms with Crippen molar-refractivity contribution in [1.82, 2.24) is 4.90 Å². The van der Waals surface area contributed by atoms with Crippen molar-refractivity contribution >= 4 is 5.69 Å². The van der Waals surface area contributed by atoms with Gasteiger partial charge in [0, 0.05) is 18.2 Å². The first-order chi connectivity index (χ1) is 8.86. The molecule has 1 fully saturated rings. The third kappa shape index (κ3) is 2.32. The first kappa shape index (κ1) is 11.8. The van der Waals surface area contributed by atoms with E-state index in [2.05, 4.69) is 22.3 Å². The molecule has 2 aliphatic heterocycles. The fourth-order valence-electron chi connectivity index (χ4n) is 3.11. The van der Waals surface area contributed by atoms with E-state index in [4.69, 9.17) is 4.74 Å². The second-order valence-electron chi connectivity index (χ2n) is 5.37. The second kappa shape index (κ2) is 5.19. The molecule has 3 nitrogen and oxygen atoms in total. The minimum absolute atomic E-state index is 0.649. The highest BCUT2D eigenvalue weighted by Crippen LogP contribution is 2.36. The second-order valence-corrected chi connectivity index (χ2v) is 5.37. The summed E-state index contributed by atoms with van der Waals surface area (Å²) in [6.07, 6.45) is 4.02. The van der Waals surface area contributed by atoms with Gasteiger partial charge in [0.15, 0.2) is 0 Å². The Balaban J connectivity index is 1.65. The summed E-state index contributed by atoms with van der Waals surface area (Å²) in [6.45, 7) is 4.91. The van der Waals surface area contributed by atoms with Gasteiger partial charge in [-0.3, -0.25) is 0 Å². The predicted octanol–water partition coefficient (Wildman–Crippen LogP) is 2.69. The van der Waals surface area contributed by atoms with E-state index in [-0.39, 0.29) is 0 Å². The Labute approximate surface area is 109 Å². The van der Waals surface area contributed by atoms with Crippen LogP contribution in [0.1, 0.15) is 30.7 Å². The molecule has 1 atom stereocenters. The molecular formula is C15H22N2O. The number of fused-ring (bicyclic) bond motifs is 1. The first-order valence-corrected chi connectivity index (χ1v) is 7.01. The molecule has 0 amide bonds. The molecule has 3 heteroatoms. The van der Waals surface area contributed by atoms with Crippen LogP contribution >= 0.6 is 0 Å². The lowest BCUT2D eigenvalue weighted by Crippen LogP contribution is -2.22. The number of methoxy groups -OCH3 is 1. The van der Waals surface area contributed by atoms with Crippen molar-refractivity contribution in [2.24, 2.45) is 0 Å². The number of ether oxygens (including phenoxy) is 1. The number of anilines is 1. The van der Waals surface area contributed by atoms with Crippen molar-refractivity contribution < 1.29 is 4.74 Å². The van der Waals surface area contributed by atoms with E-state index in [1.165, 1.54) is 50.1 Å². The molecule has 18 heavy (non-hydrogen) atoms. The summed E-state index contributed by atoms with van der Waals surface area (Å²) in [5.41, 5.74) is 2.73. The molecule has 98 valence electrons.